The predicted molar refractivity (Wildman–Crippen MR) is 82.0 cm³/mol. The maximum Gasteiger partial charge on any atom is 0.147 e. The smallest absolute Gasteiger partial charge is 0.147 e. The van der Waals surface area contributed by atoms with Crippen LogP contribution in [0.4, 0.5) is 4.39 Å². The normalized spacial score (nSPS) is 10.6. The number of hydrogen-bond acceptors (Lipinski definition) is 2. The predicted octanol–water partition coefficient (Wildman–Crippen LogP) is 4.69. The quantitative estimate of drug-likeness (QED) is 0.745. The van der Waals surface area contributed by atoms with Crippen molar-refractivity contribution in [3.8, 4) is 0 Å². The fraction of sp³-hybridized carbons (Fsp3) is 0.188. The first-order chi connectivity index (χ1) is 9.58. The molecular weight excluding hydrogens is 295 g/mol. The second-order valence-electron chi connectivity index (χ2n) is 4.48. The Kier molecular flexibility index (Phi) is 5.21. The second-order valence-corrected chi connectivity index (χ2v) is 5.88. The lowest BCUT2D eigenvalue weighted by Crippen LogP contribution is -2.06. The zero-order chi connectivity index (χ0) is 14.5. The molecule has 0 unspecified atom stereocenters. The van der Waals surface area contributed by atoms with E-state index in [9.17, 15) is 9.18 Å². The molecule has 0 saturated heterocycles. The fourth-order valence-corrected chi connectivity index (χ4v) is 2.91. The van der Waals surface area contributed by atoms with Crippen LogP contribution in [0, 0.1) is 12.7 Å². The van der Waals surface area contributed by atoms with E-state index in [1.54, 1.807) is 12.1 Å². The van der Waals surface area contributed by atoms with Gasteiger partial charge in [-0.05, 0) is 30.2 Å². The molecule has 104 valence electrons. The van der Waals surface area contributed by atoms with Crippen molar-refractivity contribution >= 4 is 29.1 Å². The summed E-state index contributed by atoms with van der Waals surface area (Å²) in [5, 5.41) is 0.0433. The fourth-order valence-electron chi connectivity index (χ4n) is 1.83. The molecule has 2 aromatic carbocycles. The number of carbonyl (C=O) groups is 1. The van der Waals surface area contributed by atoms with Gasteiger partial charge in [-0.3, -0.25) is 4.79 Å². The molecule has 2 rings (SSSR count). The number of aryl methyl sites for hydroxylation is 1. The molecule has 0 saturated carbocycles. The van der Waals surface area contributed by atoms with Gasteiger partial charge in [-0.15, -0.1) is 11.8 Å². The summed E-state index contributed by atoms with van der Waals surface area (Å²) in [6.07, 6.45) is 0.162. The van der Waals surface area contributed by atoms with Gasteiger partial charge in [-0.25, -0.2) is 4.39 Å². The molecule has 0 aliphatic carbocycles. The van der Waals surface area contributed by atoms with E-state index in [-0.39, 0.29) is 17.2 Å². The number of halogens is 2. The van der Waals surface area contributed by atoms with Crippen molar-refractivity contribution in [2.45, 2.75) is 18.2 Å². The highest BCUT2D eigenvalue weighted by Crippen LogP contribution is 2.24. The first-order valence-corrected chi connectivity index (χ1v) is 7.57. The van der Waals surface area contributed by atoms with Gasteiger partial charge in [0.05, 0.1) is 10.8 Å². The molecular formula is C16H14ClFOS. The molecule has 0 heterocycles. The van der Waals surface area contributed by atoms with Crippen molar-refractivity contribution in [2.75, 3.05) is 5.75 Å². The van der Waals surface area contributed by atoms with E-state index in [4.69, 9.17) is 11.6 Å². The third kappa shape index (κ3) is 3.84. The molecule has 0 amide bonds. The zero-order valence-electron chi connectivity index (χ0n) is 11.0. The Hall–Kier alpha value is -1.32. The van der Waals surface area contributed by atoms with Crippen molar-refractivity contribution in [2.24, 2.45) is 0 Å². The minimum absolute atomic E-state index is 0.0331. The molecule has 2 aromatic rings. The second kappa shape index (κ2) is 6.91. The summed E-state index contributed by atoms with van der Waals surface area (Å²) in [6, 6.07) is 12.5. The lowest BCUT2D eigenvalue weighted by molar-refractivity contribution is -0.116. The van der Waals surface area contributed by atoms with Gasteiger partial charge in [0.15, 0.2) is 0 Å². The van der Waals surface area contributed by atoms with Gasteiger partial charge >= 0.3 is 0 Å². The minimum atomic E-state index is -0.483. The molecule has 0 fully saturated rings. The number of Topliss-reactive ketones (excluding diaryl/α,β-unsaturated/α-hetero) is 1. The van der Waals surface area contributed by atoms with Crippen LogP contribution in [-0.2, 0) is 11.2 Å². The SMILES string of the molecule is Cc1ccccc1SCC(=O)Cc1cccc(F)c1Cl. The Bertz CT molecular complexity index is 628. The third-order valence-corrected chi connectivity index (χ3v) is 4.56. The van der Waals surface area contributed by atoms with E-state index in [0.29, 0.717) is 11.3 Å². The topological polar surface area (TPSA) is 17.1 Å². The van der Waals surface area contributed by atoms with Crippen molar-refractivity contribution in [1.82, 2.24) is 0 Å². The number of thioether (sulfide) groups is 1. The molecule has 0 aromatic heterocycles. The number of carbonyl (C=O) groups excluding carboxylic acids is 1. The van der Waals surface area contributed by atoms with Crippen molar-refractivity contribution in [1.29, 1.82) is 0 Å². The van der Waals surface area contributed by atoms with Crippen LogP contribution in [0.1, 0.15) is 11.1 Å². The van der Waals surface area contributed by atoms with Gasteiger partial charge in [-0.1, -0.05) is 41.9 Å². The maximum absolute atomic E-state index is 13.3. The summed E-state index contributed by atoms with van der Waals surface area (Å²) >= 11 is 7.34. The van der Waals surface area contributed by atoms with Crippen LogP contribution in [0.15, 0.2) is 47.4 Å². The van der Waals surface area contributed by atoms with Gasteiger partial charge in [0.2, 0.25) is 0 Å². The van der Waals surface area contributed by atoms with Crippen LogP contribution in [0.2, 0.25) is 5.02 Å². The van der Waals surface area contributed by atoms with E-state index in [1.807, 2.05) is 31.2 Å². The average Bonchev–Trinajstić information content (AvgIpc) is 2.43. The van der Waals surface area contributed by atoms with Crippen molar-refractivity contribution < 1.29 is 9.18 Å². The average molecular weight is 309 g/mol. The van der Waals surface area contributed by atoms with Crippen LogP contribution >= 0.6 is 23.4 Å². The molecule has 0 N–H and O–H groups in total. The Balaban J connectivity index is 1.96. The van der Waals surface area contributed by atoms with Gasteiger partial charge in [0.1, 0.15) is 11.6 Å². The van der Waals surface area contributed by atoms with Gasteiger partial charge < -0.3 is 0 Å². The summed E-state index contributed by atoms with van der Waals surface area (Å²) in [4.78, 5) is 13.0. The van der Waals surface area contributed by atoms with Crippen LogP contribution in [0.3, 0.4) is 0 Å². The molecule has 4 heteroatoms. The van der Waals surface area contributed by atoms with Gasteiger partial charge in [-0.2, -0.15) is 0 Å². The largest absolute Gasteiger partial charge is 0.298 e. The molecule has 0 atom stereocenters. The highest BCUT2D eigenvalue weighted by Gasteiger charge is 2.11. The molecule has 1 nitrogen and oxygen atoms in total. The highest BCUT2D eigenvalue weighted by molar-refractivity contribution is 8.00. The maximum atomic E-state index is 13.3. The summed E-state index contributed by atoms with van der Waals surface area (Å²) in [6.45, 7) is 2.01. The summed E-state index contributed by atoms with van der Waals surface area (Å²) < 4.78 is 13.3. The van der Waals surface area contributed by atoms with Crippen LogP contribution in [0.5, 0.6) is 0 Å². The van der Waals surface area contributed by atoms with Crippen molar-refractivity contribution in [3.05, 3.63) is 64.4 Å². The van der Waals surface area contributed by atoms with Gasteiger partial charge in [0.25, 0.3) is 0 Å². The molecule has 0 radical (unpaired) electrons. The van der Waals surface area contributed by atoms with E-state index < -0.39 is 5.82 Å². The summed E-state index contributed by atoms with van der Waals surface area (Å²) in [7, 11) is 0. The van der Waals surface area contributed by atoms with E-state index in [1.165, 1.54) is 17.8 Å². The number of ketones is 1. The Morgan fingerprint density at radius 3 is 2.70 bits per heavy atom. The number of hydrogen-bond donors (Lipinski definition) is 0. The minimum Gasteiger partial charge on any atom is -0.298 e. The van der Waals surface area contributed by atoms with Gasteiger partial charge in [0, 0.05) is 11.3 Å². The van der Waals surface area contributed by atoms with Crippen LogP contribution < -0.4 is 0 Å². The lowest BCUT2D eigenvalue weighted by Gasteiger charge is -2.06. The summed E-state index contributed by atoms with van der Waals surface area (Å²) in [5.41, 5.74) is 1.69. The standard InChI is InChI=1S/C16H14ClFOS/c1-11-5-2-3-8-15(11)20-10-13(19)9-12-6-4-7-14(18)16(12)17/h2-8H,9-10H2,1H3. The Labute approximate surface area is 127 Å². The monoisotopic (exact) mass is 308 g/mol. The molecule has 0 spiro atoms. The Morgan fingerprint density at radius 2 is 1.95 bits per heavy atom. The first-order valence-electron chi connectivity index (χ1n) is 6.21. The molecule has 0 aliphatic rings. The first kappa shape index (κ1) is 15.1. The molecule has 0 aliphatic heterocycles. The Morgan fingerprint density at radius 1 is 1.20 bits per heavy atom. The van der Waals surface area contributed by atoms with Crippen LogP contribution in [-0.4, -0.2) is 11.5 Å². The van der Waals surface area contributed by atoms with E-state index in [2.05, 4.69) is 0 Å². The lowest BCUT2D eigenvalue weighted by atomic mass is 10.1. The summed E-state index contributed by atoms with van der Waals surface area (Å²) in [5.74, 6) is -0.0909. The zero-order valence-corrected chi connectivity index (χ0v) is 12.6. The number of benzene rings is 2. The van der Waals surface area contributed by atoms with Crippen LogP contribution in [0.25, 0.3) is 0 Å². The molecule has 20 heavy (non-hydrogen) atoms. The van der Waals surface area contributed by atoms with Crippen molar-refractivity contribution in [3.63, 3.8) is 0 Å². The number of rotatable bonds is 5. The molecule has 0 bridgehead atoms. The highest BCUT2D eigenvalue weighted by atomic mass is 35.5. The van der Waals surface area contributed by atoms with E-state index >= 15 is 0 Å². The van der Waals surface area contributed by atoms with E-state index in [0.717, 1.165) is 10.5 Å². The third-order valence-electron chi connectivity index (χ3n) is 2.90.